The van der Waals surface area contributed by atoms with Crippen LogP contribution >= 0.6 is 0 Å². The third kappa shape index (κ3) is 5.97. The third-order valence-corrected chi connectivity index (χ3v) is 5.35. The summed E-state index contributed by atoms with van der Waals surface area (Å²) < 4.78 is 5.17. The minimum Gasteiger partial charge on any atom is -0.466 e. The van der Waals surface area contributed by atoms with E-state index in [9.17, 15) is 14.4 Å². The Labute approximate surface area is 156 Å². The second-order valence-corrected chi connectivity index (χ2v) is 7.38. The Hall–Kier alpha value is -1.63. The average Bonchev–Trinajstić information content (AvgIpc) is 2.64. The van der Waals surface area contributed by atoms with Gasteiger partial charge in [-0.25, -0.2) is 0 Å². The molecule has 1 aliphatic carbocycles. The quantitative estimate of drug-likeness (QED) is 0.517. The number of nitrogens with one attached hydrogen (secondary N) is 1. The third-order valence-electron chi connectivity index (χ3n) is 5.35. The van der Waals surface area contributed by atoms with E-state index in [0.29, 0.717) is 32.3 Å². The SMILES string of the molecule is CCCCOC(=O)CC1C(=O)NCCN1C(=O)CN(C)C1CCCCC1. The first-order valence-electron chi connectivity index (χ1n) is 9.96. The van der Waals surface area contributed by atoms with Crippen molar-refractivity contribution in [1.29, 1.82) is 0 Å². The number of rotatable bonds is 8. The van der Waals surface area contributed by atoms with Crippen LogP contribution in [-0.4, -0.2) is 73.0 Å². The second kappa shape index (κ2) is 10.5. The zero-order chi connectivity index (χ0) is 18.9. The lowest BCUT2D eigenvalue weighted by Crippen LogP contribution is -2.59. The molecule has 0 aromatic heterocycles. The number of likely N-dealkylation sites (N-methyl/N-ethyl adjacent to an activating group) is 1. The Morgan fingerprint density at radius 3 is 2.69 bits per heavy atom. The van der Waals surface area contributed by atoms with Crippen molar-refractivity contribution in [2.45, 2.75) is 70.4 Å². The van der Waals surface area contributed by atoms with Crippen molar-refractivity contribution in [3.63, 3.8) is 0 Å². The minimum absolute atomic E-state index is 0.0750. The highest BCUT2D eigenvalue weighted by molar-refractivity contribution is 5.92. The molecule has 148 valence electrons. The van der Waals surface area contributed by atoms with E-state index in [0.717, 1.165) is 25.7 Å². The summed E-state index contributed by atoms with van der Waals surface area (Å²) in [5.74, 6) is -0.768. The number of carbonyl (C=O) groups excluding carboxylic acids is 3. The number of amides is 2. The number of esters is 1. The van der Waals surface area contributed by atoms with Crippen LogP contribution in [0.5, 0.6) is 0 Å². The predicted octanol–water partition coefficient (Wildman–Crippen LogP) is 1.31. The van der Waals surface area contributed by atoms with Gasteiger partial charge in [-0.3, -0.25) is 19.3 Å². The highest BCUT2D eigenvalue weighted by Gasteiger charge is 2.35. The van der Waals surface area contributed by atoms with Gasteiger partial charge in [-0.1, -0.05) is 32.6 Å². The summed E-state index contributed by atoms with van der Waals surface area (Å²) in [7, 11) is 1.98. The molecular weight excluding hydrogens is 334 g/mol. The molecule has 2 rings (SSSR count). The highest BCUT2D eigenvalue weighted by Crippen LogP contribution is 2.22. The van der Waals surface area contributed by atoms with Crippen molar-refractivity contribution in [1.82, 2.24) is 15.1 Å². The summed E-state index contributed by atoms with van der Waals surface area (Å²) in [6, 6.07) is -0.325. The van der Waals surface area contributed by atoms with Crippen LogP contribution in [0.1, 0.15) is 58.3 Å². The fourth-order valence-electron chi connectivity index (χ4n) is 3.72. The second-order valence-electron chi connectivity index (χ2n) is 7.38. The van der Waals surface area contributed by atoms with Crippen LogP contribution in [0.25, 0.3) is 0 Å². The van der Waals surface area contributed by atoms with Gasteiger partial charge in [0, 0.05) is 19.1 Å². The molecule has 1 unspecified atom stereocenters. The molecule has 1 aliphatic heterocycles. The van der Waals surface area contributed by atoms with E-state index >= 15 is 0 Å². The Morgan fingerprint density at radius 1 is 1.27 bits per heavy atom. The molecule has 0 spiro atoms. The van der Waals surface area contributed by atoms with Crippen molar-refractivity contribution in [3.05, 3.63) is 0 Å². The van der Waals surface area contributed by atoms with Gasteiger partial charge < -0.3 is 15.0 Å². The first-order chi connectivity index (χ1) is 12.5. The summed E-state index contributed by atoms with van der Waals surface area (Å²) in [5, 5.41) is 2.75. The van der Waals surface area contributed by atoms with Crippen LogP contribution in [-0.2, 0) is 19.1 Å². The fraction of sp³-hybridized carbons (Fsp3) is 0.842. The molecule has 1 N–H and O–H groups in total. The smallest absolute Gasteiger partial charge is 0.308 e. The summed E-state index contributed by atoms with van der Waals surface area (Å²) >= 11 is 0. The number of ether oxygens (including phenoxy) is 1. The van der Waals surface area contributed by atoms with Crippen LogP contribution in [0.15, 0.2) is 0 Å². The number of hydrogen-bond acceptors (Lipinski definition) is 5. The van der Waals surface area contributed by atoms with Gasteiger partial charge in [0.05, 0.1) is 19.6 Å². The monoisotopic (exact) mass is 367 g/mol. The predicted molar refractivity (Wildman–Crippen MR) is 98.5 cm³/mol. The molecule has 1 saturated heterocycles. The molecule has 7 heteroatoms. The molecule has 0 radical (unpaired) electrons. The van der Waals surface area contributed by atoms with Gasteiger partial charge >= 0.3 is 5.97 Å². The summed E-state index contributed by atoms with van der Waals surface area (Å²) in [5.41, 5.74) is 0. The zero-order valence-corrected chi connectivity index (χ0v) is 16.2. The molecule has 1 heterocycles. The lowest BCUT2D eigenvalue weighted by molar-refractivity contribution is -0.152. The van der Waals surface area contributed by atoms with E-state index in [-0.39, 0.29) is 18.2 Å². The first kappa shape index (κ1) is 20.7. The Morgan fingerprint density at radius 2 is 2.00 bits per heavy atom. The summed E-state index contributed by atoms with van der Waals surface area (Å²) in [4.78, 5) is 40.7. The van der Waals surface area contributed by atoms with Crippen LogP contribution in [0, 0.1) is 0 Å². The molecule has 7 nitrogen and oxygen atoms in total. The van der Waals surface area contributed by atoms with Gasteiger partial charge in [-0.15, -0.1) is 0 Å². The van der Waals surface area contributed by atoms with Gasteiger partial charge in [0.2, 0.25) is 11.8 Å². The molecule has 1 atom stereocenters. The molecule has 0 aromatic rings. The number of unbranched alkanes of at least 4 members (excludes halogenated alkanes) is 1. The van der Waals surface area contributed by atoms with E-state index in [1.807, 2.05) is 14.0 Å². The van der Waals surface area contributed by atoms with Crippen LogP contribution < -0.4 is 5.32 Å². The maximum absolute atomic E-state index is 12.8. The summed E-state index contributed by atoms with van der Waals surface area (Å²) in [6.45, 7) is 3.54. The normalized spacial score (nSPS) is 21.6. The van der Waals surface area contributed by atoms with Gasteiger partial charge in [-0.2, -0.15) is 0 Å². The Kier molecular flexibility index (Phi) is 8.35. The van der Waals surface area contributed by atoms with E-state index in [4.69, 9.17) is 4.74 Å². The molecular formula is C19H33N3O4. The van der Waals surface area contributed by atoms with Crippen molar-refractivity contribution in [2.75, 3.05) is 33.3 Å². The lowest BCUT2D eigenvalue weighted by Gasteiger charge is -2.37. The maximum Gasteiger partial charge on any atom is 0.308 e. The van der Waals surface area contributed by atoms with Gasteiger partial charge in [0.25, 0.3) is 0 Å². The largest absolute Gasteiger partial charge is 0.466 e. The minimum atomic E-state index is -0.759. The van der Waals surface area contributed by atoms with E-state index in [1.165, 1.54) is 19.3 Å². The first-order valence-corrected chi connectivity index (χ1v) is 9.96. The van der Waals surface area contributed by atoms with Crippen molar-refractivity contribution < 1.29 is 19.1 Å². The van der Waals surface area contributed by atoms with Crippen molar-refractivity contribution in [2.24, 2.45) is 0 Å². The lowest BCUT2D eigenvalue weighted by atomic mass is 9.94. The van der Waals surface area contributed by atoms with E-state index in [2.05, 4.69) is 10.2 Å². The van der Waals surface area contributed by atoms with Crippen molar-refractivity contribution in [3.8, 4) is 0 Å². The number of hydrogen-bond donors (Lipinski definition) is 1. The van der Waals surface area contributed by atoms with E-state index in [1.54, 1.807) is 4.90 Å². The van der Waals surface area contributed by atoms with Gasteiger partial charge in [0.1, 0.15) is 6.04 Å². The molecule has 2 amide bonds. The zero-order valence-electron chi connectivity index (χ0n) is 16.2. The molecule has 2 aliphatic rings. The molecule has 1 saturated carbocycles. The molecule has 2 fully saturated rings. The van der Waals surface area contributed by atoms with Crippen molar-refractivity contribution >= 4 is 17.8 Å². The number of carbonyl (C=O) groups is 3. The molecule has 0 aromatic carbocycles. The highest BCUT2D eigenvalue weighted by atomic mass is 16.5. The number of piperazine rings is 1. The topological polar surface area (TPSA) is 79.0 Å². The Bertz CT molecular complexity index is 491. The van der Waals surface area contributed by atoms with Crippen LogP contribution in [0.3, 0.4) is 0 Å². The van der Waals surface area contributed by atoms with Crippen LogP contribution in [0.4, 0.5) is 0 Å². The average molecular weight is 367 g/mol. The summed E-state index contributed by atoms with van der Waals surface area (Å²) in [6.07, 6.45) is 7.60. The fourth-order valence-corrected chi connectivity index (χ4v) is 3.72. The standard InChI is InChI=1S/C19H33N3O4/c1-3-4-12-26-18(24)13-16-19(25)20-10-11-22(16)17(23)14-21(2)15-8-6-5-7-9-15/h15-16H,3-14H2,1-2H3,(H,20,25). The van der Waals surface area contributed by atoms with Gasteiger partial charge in [0.15, 0.2) is 0 Å². The molecule has 26 heavy (non-hydrogen) atoms. The van der Waals surface area contributed by atoms with Gasteiger partial charge in [-0.05, 0) is 26.3 Å². The maximum atomic E-state index is 12.8. The number of nitrogens with zero attached hydrogens (tertiary/aromatic N) is 2. The Balaban J connectivity index is 1.91. The van der Waals surface area contributed by atoms with E-state index < -0.39 is 12.0 Å². The van der Waals surface area contributed by atoms with Crippen LogP contribution in [0.2, 0.25) is 0 Å². The molecule has 0 bridgehead atoms.